The molecule has 3 aromatic rings. The number of benzene rings is 2. The first kappa shape index (κ1) is 16.4. The minimum atomic E-state index is -0.404. The van der Waals surface area contributed by atoms with Crippen molar-refractivity contribution >= 4 is 29.1 Å². The maximum Gasteiger partial charge on any atom is 0.269 e. The molecule has 0 fully saturated rings. The van der Waals surface area contributed by atoms with Crippen molar-refractivity contribution in [1.29, 1.82) is 0 Å². The SMILES string of the molecule is C[C@H](Sc1nnnn1-c1ccc(Cl)cc1)c1cccc([N+](=O)[O-])c1. The van der Waals surface area contributed by atoms with Crippen LogP contribution in [-0.4, -0.2) is 25.1 Å². The van der Waals surface area contributed by atoms with Crippen molar-refractivity contribution in [2.24, 2.45) is 0 Å². The van der Waals surface area contributed by atoms with Crippen LogP contribution in [-0.2, 0) is 0 Å². The van der Waals surface area contributed by atoms with Crippen molar-refractivity contribution in [3.8, 4) is 5.69 Å². The lowest BCUT2D eigenvalue weighted by atomic mass is 10.1. The van der Waals surface area contributed by atoms with Gasteiger partial charge < -0.3 is 0 Å². The third-order valence-corrected chi connectivity index (χ3v) is 4.69. The summed E-state index contributed by atoms with van der Waals surface area (Å²) >= 11 is 7.32. The van der Waals surface area contributed by atoms with Gasteiger partial charge in [0.1, 0.15) is 0 Å². The Balaban J connectivity index is 1.84. The Morgan fingerprint density at radius 3 is 2.71 bits per heavy atom. The van der Waals surface area contributed by atoms with Crippen molar-refractivity contribution in [3.05, 3.63) is 69.2 Å². The van der Waals surface area contributed by atoms with Crippen molar-refractivity contribution < 1.29 is 4.92 Å². The minimum Gasteiger partial charge on any atom is -0.258 e. The molecule has 0 N–H and O–H groups in total. The van der Waals surface area contributed by atoms with E-state index in [0.717, 1.165) is 11.3 Å². The second-order valence-electron chi connectivity index (χ2n) is 4.96. The summed E-state index contributed by atoms with van der Waals surface area (Å²) < 4.78 is 1.61. The Labute approximate surface area is 146 Å². The van der Waals surface area contributed by atoms with Gasteiger partial charge in [-0.05, 0) is 47.2 Å². The molecule has 0 saturated carbocycles. The van der Waals surface area contributed by atoms with Crippen LogP contribution >= 0.6 is 23.4 Å². The number of halogens is 1. The van der Waals surface area contributed by atoms with E-state index in [0.29, 0.717) is 10.2 Å². The molecule has 0 amide bonds. The minimum absolute atomic E-state index is 0.0537. The Morgan fingerprint density at radius 2 is 2.00 bits per heavy atom. The Morgan fingerprint density at radius 1 is 1.25 bits per heavy atom. The summed E-state index contributed by atoms with van der Waals surface area (Å²) in [6.07, 6.45) is 0. The van der Waals surface area contributed by atoms with Crippen LogP contribution in [0.15, 0.2) is 53.7 Å². The van der Waals surface area contributed by atoms with Gasteiger partial charge in [-0.1, -0.05) is 35.5 Å². The van der Waals surface area contributed by atoms with E-state index in [4.69, 9.17) is 11.6 Å². The van der Waals surface area contributed by atoms with Gasteiger partial charge in [0.05, 0.1) is 10.6 Å². The van der Waals surface area contributed by atoms with Crippen LogP contribution in [0.1, 0.15) is 17.7 Å². The van der Waals surface area contributed by atoms with Crippen LogP contribution in [0.25, 0.3) is 5.69 Å². The van der Waals surface area contributed by atoms with E-state index >= 15 is 0 Å². The number of nitro groups is 1. The fourth-order valence-corrected chi connectivity index (χ4v) is 3.16. The van der Waals surface area contributed by atoms with E-state index in [1.807, 2.05) is 25.1 Å². The summed E-state index contributed by atoms with van der Waals surface area (Å²) in [5.74, 6) is 0. The molecule has 9 heteroatoms. The topological polar surface area (TPSA) is 86.7 Å². The van der Waals surface area contributed by atoms with E-state index < -0.39 is 4.92 Å². The van der Waals surface area contributed by atoms with Crippen LogP contribution in [0.5, 0.6) is 0 Å². The van der Waals surface area contributed by atoms with Crippen LogP contribution in [0.2, 0.25) is 5.02 Å². The van der Waals surface area contributed by atoms with Crippen molar-refractivity contribution in [3.63, 3.8) is 0 Å². The van der Waals surface area contributed by atoms with Gasteiger partial charge in [-0.3, -0.25) is 10.1 Å². The molecule has 0 unspecified atom stereocenters. The second-order valence-corrected chi connectivity index (χ2v) is 6.71. The van der Waals surface area contributed by atoms with Crippen molar-refractivity contribution in [2.45, 2.75) is 17.3 Å². The summed E-state index contributed by atoms with van der Waals surface area (Å²) in [6.45, 7) is 1.95. The number of tetrazole rings is 1. The molecule has 3 rings (SSSR count). The molecule has 24 heavy (non-hydrogen) atoms. The largest absolute Gasteiger partial charge is 0.269 e. The lowest BCUT2D eigenvalue weighted by Gasteiger charge is -2.11. The van der Waals surface area contributed by atoms with E-state index in [-0.39, 0.29) is 10.9 Å². The zero-order valence-corrected chi connectivity index (χ0v) is 14.1. The summed E-state index contributed by atoms with van der Waals surface area (Å²) in [5, 5.41) is 23.8. The van der Waals surface area contributed by atoms with Crippen molar-refractivity contribution in [1.82, 2.24) is 20.2 Å². The van der Waals surface area contributed by atoms with Gasteiger partial charge in [0.15, 0.2) is 0 Å². The van der Waals surface area contributed by atoms with Gasteiger partial charge in [0.2, 0.25) is 5.16 Å². The Hall–Kier alpha value is -2.45. The third kappa shape index (κ3) is 3.55. The smallest absolute Gasteiger partial charge is 0.258 e. The molecule has 1 heterocycles. The zero-order chi connectivity index (χ0) is 17.1. The molecule has 122 valence electrons. The van der Waals surface area contributed by atoms with Gasteiger partial charge in [-0.25, -0.2) is 0 Å². The number of non-ortho nitro benzene ring substituents is 1. The number of nitrogens with zero attached hydrogens (tertiary/aromatic N) is 5. The maximum absolute atomic E-state index is 10.9. The van der Waals surface area contributed by atoms with E-state index in [1.54, 1.807) is 28.9 Å². The van der Waals surface area contributed by atoms with Gasteiger partial charge in [-0.2, -0.15) is 4.68 Å². The molecule has 0 spiro atoms. The normalized spacial score (nSPS) is 12.1. The molecule has 0 aliphatic rings. The lowest BCUT2D eigenvalue weighted by molar-refractivity contribution is -0.384. The molecule has 2 aromatic carbocycles. The van der Waals surface area contributed by atoms with Gasteiger partial charge >= 0.3 is 0 Å². The van der Waals surface area contributed by atoms with Crippen LogP contribution in [0.4, 0.5) is 5.69 Å². The van der Waals surface area contributed by atoms with Gasteiger partial charge in [0, 0.05) is 22.4 Å². The predicted molar refractivity (Wildman–Crippen MR) is 91.5 cm³/mol. The fourth-order valence-electron chi connectivity index (χ4n) is 2.11. The standard InChI is InChI=1S/C15H12ClN5O2S/c1-10(11-3-2-4-14(9-11)21(22)23)24-15-17-18-19-20(15)13-7-5-12(16)6-8-13/h2-10H,1H3/t10-/m0/s1. The monoisotopic (exact) mass is 361 g/mol. The first-order valence-corrected chi connectivity index (χ1v) is 8.25. The molecule has 1 aromatic heterocycles. The molecule has 0 aliphatic carbocycles. The molecule has 1 atom stereocenters. The number of rotatable bonds is 5. The summed E-state index contributed by atoms with van der Waals surface area (Å²) in [6, 6.07) is 13.7. The van der Waals surface area contributed by atoms with Crippen LogP contribution < -0.4 is 0 Å². The number of nitro benzene ring substituents is 1. The van der Waals surface area contributed by atoms with Crippen LogP contribution in [0.3, 0.4) is 0 Å². The highest BCUT2D eigenvalue weighted by atomic mass is 35.5. The van der Waals surface area contributed by atoms with Crippen LogP contribution in [0, 0.1) is 10.1 Å². The summed E-state index contributed by atoms with van der Waals surface area (Å²) in [5.41, 5.74) is 1.69. The first-order valence-electron chi connectivity index (χ1n) is 7.00. The van der Waals surface area contributed by atoms with E-state index in [9.17, 15) is 10.1 Å². The van der Waals surface area contributed by atoms with E-state index in [1.165, 1.54) is 17.8 Å². The van der Waals surface area contributed by atoms with Crippen molar-refractivity contribution in [2.75, 3.05) is 0 Å². The molecule has 0 bridgehead atoms. The molecule has 0 saturated heterocycles. The highest BCUT2D eigenvalue weighted by Crippen LogP contribution is 2.35. The predicted octanol–water partition coefficient (Wildman–Crippen LogP) is 4.08. The molecular weight excluding hydrogens is 350 g/mol. The average molecular weight is 362 g/mol. The summed E-state index contributed by atoms with van der Waals surface area (Å²) in [7, 11) is 0. The van der Waals surface area contributed by atoms with E-state index in [2.05, 4.69) is 15.5 Å². The third-order valence-electron chi connectivity index (χ3n) is 3.34. The molecule has 0 aliphatic heterocycles. The number of hydrogen-bond donors (Lipinski definition) is 0. The average Bonchev–Trinajstić information content (AvgIpc) is 3.03. The lowest BCUT2D eigenvalue weighted by Crippen LogP contribution is -2.00. The highest BCUT2D eigenvalue weighted by Gasteiger charge is 2.16. The molecular formula is C15H12ClN5O2S. The number of hydrogen-bond acceptors (Lipinski definition) is 6. The highest BCUT2D eigenvalue weighted by molar-refractivity contribution is 7.99. The molecule has 7 nitrogen and oxygen atoms in total. The number of thioether (sulfide) groups is 1. The first-order chi connectivity index (χ1) is 11.5. The zero-order valence-electron chi connectivity index (χ0n) is 12.5. The maximum atomic E-state index is 10.9. The summed E-state index contributed by atoms with van der Waals surface area (Å²) in [4.78, 5) is 10.5. The van der Waals surface area contributed by atoms with Gasteiger partial charge in [-0.15, -0.1) is 5.10 Å². The molecule has 0 radical (unpaired) electrons. The Kier molecular flexibility index (Phi) is 4.77. The quantitative estimate of drug-likeness (QED) is 0.386. The number of aromatic nitrogens is 4. The second kappa shape index (κ2) is 6.98. The Bertz CT molecular complexity index is 868. The van der Waals surface area contributed by atoms with Gasteiger partial charge in [0.25, 0.3) is 5.69 Å². The fraction of sp³-hybridized carbons (Fsp3) is 0.133.